The van der Waals surface area contributed by atoms with Crippen molar-refractivity contribution in [1.82, 2.24) is 0 Å². The van der Waals surface area contributed by atoms with Crippen molar-refractivity contribution >= 4 is 5.97 Å². The molecule has 0 aliphatic rings. The molecule has 0 saturated carbocycles. The number of ether oxygens (including phenoxy) is 7. The molecule has 0 atom stereocenters. The second-order valence-electron chi connectivity index (χ2n) is 9.58. The van der Waals surface area contributed by atoms with Crippen LogP contribution in [0.1, 0.15) is 96.8 Å². The van der Waals surface area contributed by atoms with Crippen molar-refractivity contribution in [1.29, 1.82) is 0 Å². The van der Waals surface area contributed by atoms with Crippen LogP contribution < -0.4 is 0 Å². The number of carbonyl (C=O) groups excluding carboxylic acids is 1. The maximum atomic E-state index is 11.8. The highest BCUT2D eigenvalue weighted by Gasteiger charge is 2.03. The van der Waals surface area contributed by atoms with Crippen LogP contribution in [0.2, 0.25) is 0 Å². The van der Waals surface area contributed by atoms with Gasteiger partial charge in [-0.05, 0) is 6.42 Å². The summed E-state index contributed by atoms with van der Waals surface area (Å²) in [6.45, 7) is 7.25. The van der Waals surface area contributed by atoms with Crippen LogP contribution >= 0.6 is 0 Å². The first-order valence-corrected chi connectivity index (χ1v) is 15.5. The van der Waals surface area contributed by atoms with E-state index in [1.807, 2.05) is 0 Å². The molecule has 8 nitrogen and oxygen atoms in total. The lowest BCUT2D eigenvalue weighted by atomic mass is 10.0. The smallest absolute Gasteiger partial charge is 0.305 e. The summed E-state index contributed by atoms with van der Waals surface area (Å²) < 4.78 is 48.9. The average molecular weight is 567 g/mol. The van der Waals surface area contributed by atoms with Gasteiger partial charge in [0.1, 0.15) is 13.3 Å². The van der Waals surface area contributed by atoms with Gasteiger partial charge >= 0.3 is 5.97 Å². The Morgan fingerprint density at radius 2 is 0.744 bits per heavy atom. The minimum absolute atomic E-state index is 0.116. The van der Waals surface area contributed by atoms with Gasteiger partial charge in [0.15, 0.2) is 0 Å². The predicted octanol–water partition coefficient (Wildman–Crippen LogP) is 6.08. The van der Waals surface area contributed by atoms with Crippen molar-refractivity contribution in [3.05, 3.63) is 0 Å². The number of hydrogen-bond acceptors (Lipinski definition) is 8. The molecule has 0 unspecified atom stereocenters. The fraction of sp³-hybridized carbons (Fsp3) is 0.967. The van der Waals surface area contributed by atoms with E-state index in [4.69, 9.17) is 33.2 Å². The van der Waals surface area contributed by atoms with Crippen molar-refractivity contribution in [3.63, 3.8) is 0 Å². The summed E-state index contributed by atoms with van der Waals surface area (Å²) in [5.74, 6) is -0.133. The Morgan fingerprint density at radius 1 is 0.436 bits per heavy atom. The number of carbonyl (C=O) groups is 1. The standard InChI is InChI=1S/C30H59FO8/c1-2-3-4-5-6-7-8-9-10-11-12-13-14-15-30(32)39-29-28-38-27-26-37-25-24-36-23-22-35-21-20-34-19-18-33-17-16-31/h2-29H2,1H3. The Balaban J connectivity index is 3.13. The lowest BCUT2D eigenvalue weighted by Gasteiger charge is -2.08. The van der Waals surface area contributed by atoms with Crippen LogP contribution in [0.4, 0.5) is 4.39 Å². The summed E-state index contributed by atoms with van der Waals surface area (Å²) in [6.07, 6.45) is 17.3. The number of rotatable bonds is 34. The maximum Gasteiger partial charge on any atom is 0.305 e. The third kappa shape index (κ3) is 35.1. The van der Waals surface area contributed by atoms with Crippen molar-refractivity contribution < 1.29 is 42.3 Å². The molecule has 0 saturated heterocycles. The molecular weight excluding hydrogens is 507 g/mol. The third-order valence-corrected chi connectivity index (χ3v) is 6.06. The second kappa shape index (κ2) is 35.2. The molecule has 0 aliphatic carbocycles. The van der Waals surface area contributed by atoms with Crippen LogP contribution in [0, 0.1) is 0 Å². The van der Waals surface area contributed by atoms with E-state index in [1.54, 1.807) is 0 Å². The van der Waals surface area contributed by atoms with Crippen LogP contribution in [-0.4, -0.2) is 98.5 Å². The molecule has 234 valence electrons. The fourth-order valence-corrected chi connectivity index (χ4v) is 3.83. The number of alkyl halides is 1. The highest BCUT2D eigenvalue weighted by atomic mass is 19.1. The van der Waals surface area contributed by atoms with E-state index in [2.05, 4.69) is 6.92 Å². The Bertz CT molecular complexity index is 470. The van der Waals surface area contributed by atoms with E-state index < -0.39 is 6.67 Å². The van der Waals surface area contributed by atoms with Crippen LogP contribution in [0.3, 0.4) is 0 Å². The number of unbranched alkanes of at least 4 members (excludes halogenated alkanes) is 12. The van der Waals surface area contributed by atoms with E-state index in [1.165, 1.54) is 70.6 Å². The van der Waals surface area contributed by atoms with E-state index >= 15 is 0 Å². The molecule has 0 amide bonds. The van der Waals surface area contributed by atoms with Gasteiger partial charge in [-0.3, -0.25) is 4.79 Å². The van der Waals surface area contributed by atoms with Gasteiger partial charge in [0, 0.05) is 6.42 Å². The van der Waals surface area contributed by atoms with Gasteiger partial charge in [-0.25, -0.2) is 4.39 Å². The lowest BCUT2D eigenvalue weighted by molar-refractivity contribution is -0.145. The van der Waals surface area contributed by atoms with Crippen LogP contribution in [0.15, 0.2) is 0 Å². The molecule has 9 heteroatoms. The minimum atomic E-state index is -0.472. The zero-order valence-electron chi connectivity index (χ0n) is 24.9. The van der Waals surface area contributed by atoms with E-state index in [0.29, 0.717) is 85.7 Å². The Labute approximate surface area is 237 Å². The summed E-state index contributed by atoms with van der Waals surface area (Å²) in [6, 6.07) is 0. The Morgan fingerprint density at radius 3 is 1.10 bits per heavy atom. The predicted molar refractivity (Wildman–Crippen MR) is 152 cm³/mol. The summed E-state index contributed by atoms with van der Waals surface area (Å²) in [7, 11) is 0. The first-order valence-electron chi connectivity index (χ1n) is 15.5. The fourth-order valence-electron chi connectivity index (χ4n) is 3.83. The van der Waals surface area contributed by atoms with Gasteiger partial charge in [0.2, 0.25) is 0 Å². The van der Waals surface area contributed by atoms with E-state index in [-0.39, 0.29) is 12.6 Å². The normalized spacial score (nSPS) is 11.3. The van der Waals surface area contributed by atoms with Gasteiger partial charge in [-0.2, -0.15) is 0 Å². The summed E-state index contributed by atoms with van der Waals surface area (Å²) >= 11 is 0. The lowest BCUT2D eigenvalue weighted by Crippen LogP contribution is -2.15. The molecule has 0 fully saturated rings. The van der Waals surface area contributed by atoms with Crippen LogP contribution in [0.25, 0.3) is 0 Å². The van der Waals surface area contributed by atoms with Crippen LogP contribution in [0.5, 0.6) is 0 Å². The molecular formula is C30H59FO8. The summed E-state index contributed by atoms with van der Waals surface area (Å²) in [5, 5.41) is 0. The molecule has 39 heavy (non-hydrogen) atoms. The largest absolute Gasteiger partial charge is 0.463 e. The van der Waals surface area contributed by atoms with E-state index in [9.17, 15) is 9.18 Å². The van der Waals surface area contributed by atoms with Crippen molar-refractivity contribution in [2.45, 2.75) is 96.8 Å². The number of halogens is 1. The van der Waals surface area contributed by atoms with E-state index in [0.717, 1.165) is 12.8 Å². The third-order valence-electron chi connectivity index (χ3n) is 6.06. The summed E-state index contributed by atoms with van der Waals surface area (Å²) in [5.41, 5.74) is 0. The van der Waals surface area contributed by atoms with Crippen molar-refractivity contribution in [2.75, 3.05) is 92.6 Å². The first kappa shape index (κ1) is 38.2. The van der Waals surface area contributed by atoms with Gasteiger partial charge < -0.3 is 33.2 Å². The molecule has 0 aromatic carbocycles. The van der Waals surface area contributed by atoms with Crippen molar-refractivity contribution in [2.24, 2.45) is 0 Å². The van der Waals surface area contributed by atoms with Gasteiger partial charge in [-0.15, -0.1) is 0 Å². The molecule has 0 bridgehead atoms. The zero-order valence-corrected chi connectivity index (χ0v) is 24.9. The van der Waals surface area contributed by atoms with Gasteiger partial charge in [0.05, 0.1) is 79.3 Å². The molecule has 0 heterocycles. The average Bonchev–Trinajstić information content (AvgIpc) is 2.94. The highest BCUT2D eigenvalue weighted by molar-refractivity contribution is 5.69. The molecule has 0 aliphatic heterocycles. The van der Waals surface area contributed by atoms with Crippen LogP contribution in [-0.2, 0) is 38.0 Å². The second-order valence-corrected chi connectivity index (χ2v) is 9.58. The first-order chi connectivity index (χ1) is 19.3. The molecule has 0 aromatic rings. The molecule has 0 radical (unpaired) electrons. The minimum Gasteiger partial charge on any atom is -0.463 e. The van der Waals surface area contributed by atoms with Crippen molar-refractivity contribution in [3.8, 4) is 0 Å². The maximum absolute atomic E-state index is 11.8. The Hall–Kier alpha value is -0.840. The zero-order chi connectivity index (χ0) is 28.3. The van der Waals surface area contributed by atoms with Gasteiger partial charge in [-0.1, -0.05) is 84.0 Å². The number of esters is 1. The molecule has 0 aromatic heterocycles. The Kier molecular flexibility index (Phi) is 34.4. The number of hydrogen-bond donors (Lipinski definition) is 0. The quantitative estimate of drug-likeness (QED) is 0.0685. The molecule has 0 spiro atoms. The monoisotopic (exact) mass is 566 g/mol. The van der Waals surface area contributed by atoms with Gasteiger partial charge in [0.25, 0.3) is 0 Å². The molecule has 0 N–H and O–H groups in total. The molecule has 0 rings (SSSR count). The topological polar surface area (TPSA) is 81.7 Å². The SMILES string of the molecule is CCCCCCCCCCCCCCCC(=O)OCCOCCOCCOCCOCCOCCOCCF. The highest BCUT2D eigenvalue weighted by Crippen LogP contribution is 2.13. The summed E-state index contributed by atoms with van der Waals surface area (Å²) in [4.78, 5) is 11.8.